The number of hydrogen-bond donors (Lipinski definition) is 1. The topological polar surface area (TPSA) is 79.2 Å². The number of carbonyl (C=O) groups is 1. The number of para-hydroxylation sites is 2. The fourth-order valence-electron chi connectivity index (χ4n) is 3.15. The zero-order valence-corrected chi connectivity index (χ0v) is 15.0. The third-order valence-corrected chi connectivity index (χ3v) is 4.83. The van der Waals surface area contributed by atoms with E-state index in [1.807, 2.05) is 12.1 Å². The summed E-state index contributed by atoms with van der Waals surface area (Å²) in [5.41, 5.74) is 7.88. The largest absolute Gasteiger partial charge is 0.422 e. The van der Waals surface area contributed by atoms with Crippen LogP contribution in [0, 0.1) is 0 Å². The smallest absolute Gasteiger partial charge is 0.334 e. The van der Waals surface area contributed by atoms with Gasteiger partial charge >= 0.3 is 11.7 Å². The molecule has 4 rings (SSSR count). The van der Waals surface area contributed by atoms with Crippen molar-refractivity contribution < 1.29 is 9.53 Å². The van der Waals surface area contributed by atoms with Crippen molar-refractivity contribution in [2.45, 2.75) is 32.2 Å². The number of rotatable bonds is 4. The number of benzene rings is 2. The lowest BCUT2D eigenvalue weighted by molar-refractivity contribution is -0.133. The van der Waals surface area contributed by atoms with E-state index in [-0.39, 0.29) is 29.6 Å². The molecule has 0 amide bonds. The van der Waals surface area contributed by atoms with Crippen molar-refractivity contribution >= 4 is 34.3 Å². The summed E-state index contributed by atoms with van der Waals surface area (Å²) in [6.45, 7) is 1.70. The third-order valence-electron chi connectivity index (χ3n) is 4.53. The summed E-state index contributed by atoms with van der Waals surface area (Å²) in [6.07, 6.45) is 2.12. The molecule has 1 aliphatic carbocycles. The summed E-state index contributed by atoms with van der Waals surface area (Å²) in [5, 5.41) is 0.453. The molecular weight excluding hydrogens is 354 g/mol. The summed E-state index contributed by atoms with van der Waals surface area (Å²) in [4.78, 5) is 25.1. The minimum atomic E-state index is -0.422. The second-order valence-corrected chi connectivity index (χ2v) is 6.76. The van der Waals surface area contributed by atoms with Gasteiger partial charge < -0.3 is 10.5 Å². The van der Waals surface area contributed by atoms with Crippen LogP contribution in [0.5, 0.6) is 5.75 Å². The van der Waals surface area contributed by atoms with Crippen LogP contribution in [0.4, 0.5) is 5.69 Å². The molecule has 0 spiro atoms. The van der Waals surface area contributed by atoms with Gasteiger partial charge in [0.25, 0.3) is 0 Å². The first kappa shape index (κ1) is 16.7. The van der Waals surface area contributed by atoms with Crippen LogP contribution in [0.1, 0.15) is 32.2 Å². The molecule has 26 heavy (non-hydrogen) atoms. The zero-order chi connectivity index (χ0) is 18.4. The number of nitrogen functional groups attached to an aromatic ring is 1. The maximum absolute atomic E-state index is 13.2. The Bertz CT molecular complexity index is 1080. The average molecular weight is 372 g/mol. The zero-order valence-electron chi connectivity index (χ0n) is 14.2. The lowest BCUT2D eigenvalue weighted by atomic mass is 10.2. The van der Waals surface area contributed by atoms with Gasteiger partial charge in [-0.1, -0.05) is 30.7 Å². The molecule has 1 heterocycles. The van der Waals surface area contributed by atoms with Gasteiger partial charge in [-0.05, 0) is 37.1 Å². The number of anilines is 1. The van der Waals surface area contributed by atoms with Gasteiger partial charge in [0.05, 0.1) is 27.4 Å². The van der Waals surface area contributed by atoms with Gasteiger partial charge in [0.15, 0.2) is 5.75 Å². The van der Waals surface area contributed by atoms with Crippen molar-refractivity contribution in [3.63, 3.8) is 0 Å². The summed E-state index contributed by atoms with van der Waals surface area (Å²) >= 11 is 6.44. The Morgan fingerprint density at radius 2 is 2.00 bits per heavy atom. The Kier molecular flexibility index (Phi) is 4.00. The number of imidazole rings is 1. The van der Waals surface area contributed by atoms with Gasteiger partial charge in [0.2, 0.25) is 0 Å². The highest BCUT2D eigenvalue weighted by Crippen LogP contribution is 2.39. The van der Waals surface area contributed by atoms with E-state index in [0.717, 1.165) is 18.4 Å². The molecule has 0 bridgehead atoms. The highest BCUT2D eigenvalue weighted by atomic mass is 35.5. The molecule has 3 aromatic rings. The summed E-state index contributed by atoms with van der Waals surface area (Å²) in [6, 6.07) is 10.7. The van der Waals surface area contributed by atoms with Gasteiger partial charge in [-0.2, -0.15) is 0 Å². The Labute approximate surface area is 154 Å². The number of aromatic nitrogens is 2. The molecule has 6 nitrogen and oxygen atoms in total. The van der Waals surface area contributed by atoms with Crippen LogP contribution in [0.2, 0.25) is 5.02 Å². The first-order valence-corrected chi connectivity index (χ1v) is 8.91. The minimum Gasteiger partial charge on any atom is -0.422 e. The molecule has 2 aromatic carbocycles. The van der Waals surface area contributed by atoms with Gasteiger partial charge in [-0.15, -0.1) is 0 Å². The number of halogens is 1. The van der Waals surface area contributed by atoms with E-state index >= 15 is 0 Å². The van der Waals surface area contributed by atoms with Crippen LogP contribution in [0.25, 0.3) is 16.7 Å². The molecule has 1 saturated carbocycles. The number of hydrogen-bond acceptors (Lipinski definition) is 4. The third kappa shape index (κ3) is 2.57. The van der Waals surface area contributed by atoms with Gasteiger partial charge in [-0.3, -0.25) is 13.9 Å². The molecule has 7 heteroatoms. The predicted molar refractivity (Wildman–Crippen MR) is 101 cm³/mol. The van der Waals surface area contributed by atoms with Gasteiger partial charge in [-0.25, -0.2) is 4.79 Å². The van der Waals surface area contributed by atoms with Crippen LogP contribution >= 0.6 is 11.6 Å². The van der Waals surface area contributed by atoms with E-state index in [1.165, 1.54) is 4.57 Å². The van der Waals surface area contributed by atoms with E-state index in [2.05, 4.69) is 0 Å². The standard InChI is InChI=1S/C19H18ClN3O3/c1-2-16(24)26-18-13(21)6-4-8-15(18)23-17-12(20)5-3-7-14(17)22(19(23)25)11-9-10-11/h3-8,11H,2,9-10,21H2,1H3. The summed E-state index contributed by atoms with van der Waals surface area (Å²) < 4.78 is 8.68. The Morgan fingerprint density at radius 3 is 2.69 bits per heavy atom. The van der Waals surface area contributed by atoms with Gasteiger partial charge in [0, 0.05) is 12.5 Å². The van der Waals surface area contributed by atoms with E-state index in [9.17, 15) is 9.59 Å². The molecule has 0 aliphatic heterocycles. The van der Waals surface area contributed by atoms with E-state index in [1.54, 1.807) is 35.8 Å². The maximum Gasteiger partial charge on any atom is 0.334 e. The maximum atomic E-state index is 13.2. The molecule has 2 N–H and O–H groups in total. The minimum absolute atomic E-state index is 0.174. The lowest BCUT2D eigenvalue weighted by Crippen LogP contribution is -2.23. The number of ether oxygens (including phenoxy) is 1. The van der Waals surface area contributed by atoms with E-state index in [4.69, 9.17) is 22.1 Å². The molecule has 0 saturated heterocycles. The quantitative estimate of drug-likeness (QED) is 0.431. The predicted octanol–water partition coefficient (Wildman–Crippen LogP) is 3.68. The molecule has 134 valence electrons. The highest BCUT2D eigenvalue weighted by Gasteiger charge is 2.30. The fraction of sp³-hybridized carbons (Fsp3) is 0.263. The summed E-state index contributed by atoms with van der Waals surface area (Å²) in [5.74, 6) is -0.245. The van der Waals surface area contributed by atoms with Crippen LogP contribution < -0.4 is 16.2 Å². The Hall–Kier alpha value is -2.73. The molecule has 0 radical (unpaired) electrons. The SMILES string of the molecule is CCC(=O)Oc1c(N)cccc1-n1c(=O)n(C2CC2)c2cccc(Cl)c21. The first-order valence-electron chi connectivity index (χ1n) is 8.54. The monoisotopic (exact) mass is 371 g/mol. The number of esters is 1. The number of carbonyl (C=O) groups excluding carboxylic acids is 1. The van der Waals surface area contributed by atoms with Crippen molar-refractivity contribution in [3.05, 3.63) is 51.9 Å². The number of fused-ring (bicyclic) bond motifs is 1. The molecule has 0 atom stereocenters. The molecular formula is C19H18ClN3O3. The number of nitrogens with zero attached hydrogens (tertiary/aromatic N) is 2. The van der Waals surface area contributed by atoms with Crippen LogP contribution in [0.15, 0.2) is 41.2 Å². The normalized spacial score (nSPS) is 13.9. The van der Waals surface area contributed by atoms with Crippen molar-refractivity contribution in [2.24, 2.45) is 0 Å². The van der Waals surface area contributed by atoms with Crippen LogP contribution in [-0.4, -0.2) is 15.1 Å². The van der Waals surface area contributed by atoms with Crippen LogP contribution in [0.3, 0.4) is 0 Å². The second-order valence-electron chi connectivity index (χ2n) is 6.35. The van der Waals surface area contributed by atoms with Crippen LogP contribution in [-0.2, 0) is 4.79 Å². The first-order chi connectivity index (χ1) is 12.5. The van der Waals surface area contributed by atoms with E-state index < -0.39 is 5.97 Å². The summed E-state index contributed by atoms with van der Waals surface area (Å²) in [7, 11) is 0. The molecule has 1 aromatic heterocycles. The molecule has 1 fully saturated rings. The molecule has 0 unspecified atom stereocenters. The van der Waals surface area contributed by atoms with E-state index in [0.29, 0.717) is 16.2 Å². The Morgan fingerprint density at radius 1 is 1.27 bits per heavy atom. The average Bonchev–Trinajstić information content (AvgIpc) is 3.40. The fourth-order valence-corrected chi connectivity index (χ4v) is 3.40. The lowest BCUT2D eigenvalue weighted by Gasteiger charge is -2.13. The van der Waals surface area contributed by atoms with Crippen molar-refractivity contribution in [3.8, 4) is 11.4 Å². The number of nitrogens with two attached hydrogens (primary N) is 1. The molecule has 1 aliphatic rings. The van der Waals surface area contributed by atoms with Crippen molar-refractivity contribution in [1.29, 1.82) is 0 Å². The Balaban J connectivity index is 2.05. The van der Waals surface area contributed by atoms with Crippen molar-refractivity contribution in [2.75, 3.05) is 5.73 Å². The second kappa shape index (κ2) is 6.21. The van der Waals surface area contributed by atoms with Crippen molar-refractivity contribution in [1.82, 2.24) is 9.13 Å². The highest BCUT2D eigenvalue weighted by molar-refractivity contribution is 6.35. The van der Waals surface area contributed by atoms with Gasteiger partial charge in [0.1, 0.15) is 0 Å².